The first-order chi connectivity index (χ1) is 7.54. The first-order valence-corrected chi connectivity index (χ1v) is 6.23. The van der Waals surface area contributed by atoms with Crippen molar-refractivity contribution < 1.29 is 0 Å². The predicted octanol–water partition coefficient (Wildman–Crippen LogP) is 3.97. The number of hydrogen-bond donors (Lipinski definition) is 1. The van der Waals surface area contributed by atoms with Crippen LogP contribution in [0, 0.1) is 30.1 Å². The van der Waals surface area contributed by atoms with E-state index in [1.165, 1.54) is 5.56 Å². The molecule has 86 valence electrons. The van der Waals surface area contributed by atoms with E-state index in [4.69, 9.17) is 5.26 Å². The molecule has 1 aromatic rings. The molecule has 0 radical (unpaired) electrons. The molecule has 1 N–H and O–H groups in total. The number of rotatable bonds is 4. The summed E-state index contributed by atoms with van der Waals surface area (Å²) in [4.78, 5) is 0. The smallest absolute Gasteiger partial charge is 0.0677 e. The molecule has 0 fully saturated rings. The predicted molar refractivity (Wildman–Crippen MR) is 71.3 cm³/mol. The molecule has 0 amide bonds. The zero-order chi connectivity index (χ0) is 12.1. The summed E-state index contributed by atoms with van der Waals surface area (Å²) in [6.45, 7) is 6.91. The summed E-state index contributed by atoms with van der Waals surface area (Å²) in [5.74, 6) is 0.434. The minimum Gasteiger partial charge on any atom is -0.383 e. The summed E-state index contributed by atoms with van der Waals surface area (Å²) in [6.07, 6.45) is 0. The van der Waals surface area contributed by atoms with Crippen molar-refractivity contribution in [1.82, 2.24) is 0 Å². The van der Waals surface area contributed by atoms with Gasteiger partial charge in [0.2, 0.25) is 0 Å². The Bertz CT molecular complexity index is 393. The van der Waals surface area contributed by atoms with Gasteiger partial charge in [0.05, 0.1) is 12.0 Å². The Labute approximate surface area is 106 Å². The molecular weight excluding hydrogens is 264 g/mol. The number of nitriles is 1. The molecule has 0 saturated carbocycles. The molecule has 1 unspecified atom stereocenters. The average molecular weight is 281 g/mol. The number of hydrogen-bond acceptors (Lipinski definition) is 2. The minimum absolute atomic E-state index is 0.0541. The highest BCUT2D eigenvalue weighted by Crippen LogP contribution is 2.21. The van der Waals surface area contributed by atoms with Gasteiger partial charge in [0, 0.05) is 16.7 Å². The highest BCUT2D eigenvalue weighted by molar-refractivity contribution is 9.10. The van der Waals surface area contributed by atoms with E-state index in [9.17, 15) is 0 Å². The third-order valence-electron chi connectivity index (χ3n) is 2.68. The molecule has 2 nitrogen and oxygen atoms in total. The molecule has 0 bridgehead atoms. The van der Waals surface area contributed by atoms with Gasteiger partial charge in [-0.05, 0) is 30.5 Å². The minimum atomic E-state index is 0.0541. The van der Waals surface area contributed by atoms with E-state index < -0.39 is 0 Å². The number of nitrogens with one attached hydrogen (secondary N) is 1. The lowest BCUT2D eigenvalue weighted by Gasteiger charge is -2.16. The van der Waals surface area contributed by atoms with Crippen LogP contribution in [0.5, 0.6) is 0 Å². The second-order valence-corrected chi connectivity index (χ2v) is 5.24. The van der Waals surface area contributed by atoms with Gasteiger partial charge in [-0.1, -0.05) is 35.8 Å². The molecule has 0 aliphatic rings. The zero-order valence-corrected chi connectivity index (χ0v) is 11.5. The Kier molecular flexibility index (Phi) is 4.82. The number of nitrogens with zero attached hydrogens (tertiary/aromatic N) is 1. The van der Waals surface area contributed by atoms with Crippen LogP contribution in [-0.2, 0) is 0 Å². The maximum absolute atomic E-state index is 9.00. The summed E-state index contributed by atoms with van der Waals surface area (Å²) >= 11 is 3.44. The molecule has 0 aliphatic carbocycles. The number of anilines is 1. The van der Waals surface area contributed by atoms with Crippen molar-refractivity contribution in [3.05, 3.63) is 28.2 Å². The largest absolute Gasteiger partial charge is 0.383 e. The van der Waals surface area contributed by atoms with E-state index in [2.05, 4.69) is 54.2 Å². The summed E-state index contributed by atoms with van der Waals surface area (Å²) in [6, 6.07) is 8.45. The van der Waals surface area contributed by atoms with E-state index in [0.717, 1.165) is 10.2 Å². The van der Waals surface area contributed by atoms with Crippen molar-refractivity contribution in [3.63, 3.8) is 0 Å². The van der Waals surface area contributed by atoms with E-state index in [0.29, 0.717) is 12.5 Å². The van der Waals surface area contributed by atoms with Gasteiger partial charge < -0.3 is 5.32 Å². The van der Waals surface area contributed by atoms with Crippen LogP contribution < -0.4 is 5.32 Å². The first kappa shape index (κ1) is 13.1. The summed E-state index contributed by atoms with van der Waals surface area (Å²) in [7, 11) is 0. The lowest BCUT2D eigenvalue weighted by molar-refractivity contribution is 0.496. The molecule has 0 spiro atoms. The second kappa shape index (κ2) is 5.91. The Balaban J connectivity index is 2.67. The van der Waals surface area contributed by atoms with Crippen LogP contribution in [0.25, 0.3) is 0 Å². The van der Waals surface area contributed by atoms with Gasteiger partial charge in [0.25, 0.3) is 0 Å². The van der Waals surface area contributed by atoms with E-state index in [-0.39, 0.29) is 5.92 Å². The Morgan fingerprint density at radius 2 is 2.12 bits per heavy atom. The van der Waals surface area contributed by atoms with Gasteiger partial charge in [-0.15, -0.1) is 0 Å². The molecule has 1 atom stereocenters. The van der Waals surface area contributed by atoms with Gasteiger partial charge in [-0.2, -0.15) is 5.26 Å². The van der Waals surface area contributed by atoms with E-state index >= 15 is 0 Å². The van der Waals surface area contributed by atoms with Crippen LogP contribution >= 0.6 is 15.9 Å². The quantitative estimate of drug-likeness (QED) is 0.906. The molecule has 3 heteroatoms. The standard InChI is InChI=1S/C13H17BrN2/c1-9(2)11(7-15)8-16-13-6-12(14)5-4-10(13)3/h4-6,9,11,16H,8H2,1-3H3. The SMILES string of the molecule is Cc1ccc(Br)cc1NCC(C#N)C(C)C. The van der Waals surface area contributed by atoms with Crippen LogP contribution in [0.1, 0.15) is 19.4 Å². The summed E-state index contributed by atoms with van der Waals surface area (Å²) in [5.41, 5.74) is 2.29. The fourth-order valence-corrected chi connectivity index (χ4v) is 1.80. The maximum atomic E-state index is 9.00. The summed E-state index contributed by atoms with van der Waals surface area (Å²) < 4.78 is 1.05. The molecule has 0 aliphatic heterocycles. The molecule has 0 aromatic heterocycles. The van der Waals surface area contributed by atoms with Crippen LogP contribution in [0.3, 0.4) is 0 Å². The normalized spacial score (nSPS) is 12.2. The van der Waals surface area contributed by atoms with Crippen molar-refractivity contribution in [3.8, 4) is 6.07 Å². The number of benzene rings is 1. The van der Waals surface area contributed by atoms with Crippen LogP contribution in [0.4, 0.5) is 5.69 Å². The highest BCUT2D eigenvalue weighted by Gasteiger charge is 2.12. The van der Waals surface area contributed by atoms with Crippen molar-refractivity contribution in [1.29, 1.82) is 5.26 Å². The molecule has 0 heterocycles. The topological polar surface area (TPSA) is 35.8 Å². The van der Waals surface area contributed by atoms with Crippen molar-refractivity contribution in [2.45, 2.75) is 20.8 Å². The van der Waals surface area contributed by atoms with Gasteiger partial charge in [-0.25, -0.2) is 0 Å². The van der Waals surface area contributed by atoms with Crippen molar-refractivity contribution >= 4 is 21.6 Å². The Morgan fingerprint density at radius 1 is 1.44 bits per heavy atom. The highest BCUT2D eigenvalue weighted by atomic mass is 79.9. The molecular formula is C13H17BrN2. The maximum Gasteiger partial charge on any atom is 0.0677 e. The van der Waals surface area contributed by atoms with Gasteiger partial charge in [-0.3, -0.25) is 0 Å². The molecule has 1 aromatic carbocycles. The van der Waals surface area contributed by atoms with Crippen LogP contribution in [-0.4, -0.2) is 6.54 Å². The lowest BCUT2D eigenvalue weighted by Crippen LogP contribution is -2.18. The second-order valence-electron chi connectivity index (χ2n) is 4.32. The summed E-state index contributed by atoms with van der Waals surface area (Å²) in [5, 5.41) is 12.3. The first-order valence-electron chi connectivity index (χ1n) is 5.44. The van der Waals surface area contributed by atoms with Crippen molar-refractivity contribution in [2.24, 2.45) is 11.8 Å². The monoisotopic (exact) mass is 280 g/mol. The average Bonchev–Trinajstić information content (AvgIpc) is 2.23. The molecule has 1 rings (SSSR count). The van der Waals surface area contributed by atoms with Crippen LogP contribution in [0.2, 0.25) is 0 Å². The molecule has 16 heavy (non-hydrogen) atoms. The van der Waals surface area contributed by atoms with Crippen LogP contribution in [0.15, 0.2) is 22.7 Å². The van der Waals surface area contributed by atoms with Crippen molar-refractivity contribution in [2.75, 3.05) is 11.9 Å². The fraction of sp³-hybridized carbons (Fsp3) is 0.462. The number of halogens is 1. The zero-order valence-electron chi connectivity index (χ0n) is 9.92. The van der Waals surface area contributed by atoms with E-state index in [1.807, 2.05) is 12.1 Å². The Hall–Kier alpha value is -1.01. The van der Waals surface area contributed by atoms with Gasteiger partial charge in [0.1, 0.15) is 0 Å². The number of aryl methyl sites for hydroxylation is 1. The van der Waals surface area contributed by atoms with E-state index in [1.54, 1.807) is 0 Å². The lowest BCUT2D eigenvalue weighted by atomic mass is 9.97. The Morgan fingerprint density at radius 3 is 2.69 bits per heavy atom. The fourth-order valence-electron chi connectivity index (χ4n) is 1.44. The third-order valence-corrected chi connectivity index (χ3v) is 3.18. The van der Waals surface area contributed by atoms with Gasteiger partial charge >= 0.3 is 0 Å². The third kappa shape index (κ3) is 3.53. The molecule has 0 saturated heterocycles. The van der Waals surface area contributed by atoms with Gasteiger partial charge in [0.15, 0.2) is 0 Å².